The lowest BCUT2D eigenvalue weighted by molar-refractivity contribution is -0.117. The molecule has 1 atom stereocenters. The molecule has 4 rings (SSSR count). The van der Waals surface area contributed by atoms with Gasteiger partial charge in [0.05, 0.1) is 5.57 Å². The van der Waals surface area contributed by atoms with Crippen LogP contribution in [-0.4, -0.2) is 37.5 Å². The fraction of sp³-hybridized carbons (Fsp3) is 0.286. The molecule has 0 spiro atoms. The van der Waals surface area contributed by atoms with Gasteiger partial charge in [0.2, 0.25) is 5.96 Å². The number of nitrogens with two attached hydrogens (primary N) is 1. The van der Waals surface area contributed by atoms with Crippen LogP contribution in [0.5, 0.6) is 0 Å². The average molecular weight is 536 g/mol. The highest BCUT2D eigenvalue weighted by Crippen LogP contribution is 2.36. The van der Waals surface area contributed by atoms with Crippen molar-refractivity contribution in [2.24, 2.45) is 20.7 Å². The van der Waals surface area contributed by atoms with Crippen molar-refractivity contribution < 1.29 is 9.18 Å². The standard InChI is InChI=1S/C28H31ClFN7O/c1-5-18-20-11-24(35-23(20)9-8-22(18)30)36-28-34-16(3)25(27(38)33-14-17(12-31)13-32-4)26(37-28)19-7-6-15(2)10-21(19)29/h6-10,12-13,26H,5,11,14,31H2,1-4H3,(H,33,38)(H2,34,35,36,37)/b17-12+,32-13?. The topological polar surface area (TPSA) is 116 Å². The quantitative estimate of drug-likeness (QED) is 0.411. The van der Waals surface area contributed by atoms with Gasteiger partial charge in [-0.3, -0.25) is 9.79 Å². The van der Waals surface area contributed by atoms with Crippen LogP contribution in [0.2, 0.25) is 5.02 Å². The van der Waals surface area contributed by atoms with Crippen molar-refractivity contribution >= 4 is 41.2 Å². The van der Waals surface area contributed by atoms with Crippen LogP contribution in [0, 0.1) is 12.7 Å². The fourth-order valence-corrected chi connectivity index (χ4v) is 4.95. The summed E-state index contributed by atoms with van der Waals surface area (Å²) in [6.07, 6.45) is 4.03. The number of rotatable bonds is 6. The van der Waals surface area contributed by atoms with Crippen molar-refractivity contribution in [3.05, 3.63) is 86.5 Å². The van der Waals surface area contributed by atoms with Crippen LogP contribution in [0.15, 0.2) is 68.4 Å². The Morgan fingerprint density at radius 3 is 2.76 bits per heavy atom. The minimum Gasteiger partial charge on any atom is -0.404 e. The van der Waals surface area contributed by atoms with E-state index in [0.717, 1.165) is 16.8 Å². The molecule has 38 heavy (non-hydrogen) atoms. The van der Waals surface area contributed by atoms with Gasteiger partial charge in [-0.05, 0) is 55.2 Å². The van der Waals surface area contributed by atoms with E-state index in [-0.39, 0.29) is 18.3 Å². The smallest absolute Gasteiger partial charge is 0.251 e. The Hall–Kier alpha value is -3.98. The maximum Gasteiger partial charge on any atom is 0.251 e. The summed E-state index contributed by atoms with van der Waals surface area (Å²) in [7, 11) is 1.63. The molecule has 0 saturated heterocycles. The molecule has 2 aliphatic rings. The number of carbonyl (C=O) groups is 1. The number of hydrogen-bond acceptors (Lipinski definition) is 6. The van der Waals surface area contributed by atoms with Crippen LogP contribution >= 0.6 is 11.6 Å². The molecule has 0 radical (unpaired) electrons. The molecular weight excluding hydrogens is 505 g/mol. The largest absolute Gasteiger partial charge is 0.404 e. The van der Waals surface area contributed by atoms with Crippen molar-refractivity contribution in [1.29, 1.82) is 0 Å². The first kappa shape index (κ1) is 27.1. The predicted molar refractivity (Wildman–Crippen MR) is 152 cm³/mol. The third kappa shape index (κ3) is 5.62. The van der Waals surface area contributed by atoms with Gasteiger partial charge in [0.15, 0.2) is 0 Å². The number of anilines is 1. The summed E-state index contributed by atoms with van der Waals surface area (Å²) < 4.78 is 14.3. The molecule has 198 valence electrons. The lowest BCUT2D eigenvalue weighted by atomic mass is 9.95. The summed E-state index contributed by atoms with van der Waals surface area (Å²) in [5, 5.41) is 9.82. The van der Waals surface area contributed by atoms with Gasteiger partial charge in [-0.15, -0.1) is 0 Å². The number of amidine groups is 1. The highest BCUT2D eigenvalue weighted by atomic mass is 35.5. The molecular formula is C28H31ClFN7O. The molecule has 5 N–H and O–H groups in total. The fourth-order valence-electron chi connectivity index (χ4n) is 4.61. The van der Waals surface area contributed by atoms with Gasteiger partial charge in [-0.1, -0.05) is 30.7 Å². The lowest BCUT2D eigenvalue weighted by Gasteiger charge is -2.26. The van der Waals surface area contributed by atoms with Gasteiger partial charge in [0.25, 0.3) is 5.91 Å². The van der Waals surface area contributed by atoms with E-state index in [1.807, 2.05) is 32.0 Å². The lowest BCUT2D eigenvalue weighted by Crippen LogP contribution is -2.37. The molecule has 0 saturated carbocycles. The zero-order valence-electron chi connectivity index (χ0n) is 21.8. The molecule has 2 aliphatic heterocycles. The first-order valence-corrected chi connectivity index (χ1v) is 12.7. The maximum atomic E-state index is 14.3. The summed E-state index contributed by atoms with van der Waals surface area (Å²) in [6.45, 7) is 5.88. The number of carbonyl (C=O) groups excluding carboxylic acids is 1. The third-order valence-corrected chi connectivity index (χ3v) is 6.80. The molecule has 0 aliphatic carbocycles. The number of aliphatic imine (C=N–C) groups is 3. The van der Waals surface area contributed by atoms with Gasteiger partial charge in [-0.25, -0.2) is 9.38 Å². The first-order valence-electron chi connectivity index (χ1n) is 12.3. The Morgan fingerprint density at radius 1 is 1.29 bits per heavy atom. The second kappa shape index (κ2) is 11.6. The Bertz CT molecular complexity index is 1420. The Labute approximate surface area is 226 Å². The number of amides is 1. The number of fused-ring (bicyclic) bond motifs is 1. The Morgan fingerprint density at radius 2 is 2.08 bits per heavy atom. The van der Waals surface area contributed by atoms with Crippen LogP contribution < -0.4 is 21.7 Å². The van der Waals surface area contributed by atoms with E-state index in [9.17, 15) is 9.18 Å². The molecule has 10 heteroatoms. The van der Waals surface area contributed by atoms with Gasteiger partial charge >= 0.3 is 0 Å². The van der Waals surface area contributed by atoms with Gasteiger partial charge < -0.3 is 21.7 Å². The number of hydrogen-bond donors (Lipinski definition) is 4. The van der Waals surface area contributed by atoms with Gasteiger partial charge in [-0.2, -0.15) is 4.99 Å². The summed E-state index contributed by atoms with van der Waals surface area (Å²) >= 11 is 6.63. The van der Waals surface area contributed by atoms with Crippen molar-refractivity contribution in [3.63, 3.8) is 0 Å². The van der Waals surface area contributed by atoms with Crippen LogP contribution in [0.3, 0.4) is 0 Å². The molecule has 8 nitrogen and oxygen atoms in total. The highest BCUT2D eigenvalue weighted by molar-refractivity contribution is 6.31. The number of allylic oxidation sites excluding steroid dienone is 1. The number of guanidine groups is 1. The molecule has 0 bridgehead atoms. The van der Waals surface area contributed by atoms with E-state index in [1.54, 1.807) is 26.3 Å². The predicted octanol–water partition coefficient (Wildman–Crippen LogP) is 4.35. The second-order valence-corrected chi connectivity index (χ2v) is 9.53. The van der Waals surface area contributed by atoms with Crippen LogP contribution in [0.25, 0.3) is 0 Å². The van der Waals surface area contributed by atoms with Gasteiger partial charge in [0.1, 0.15) is 17.7 Å². The summed E-state index contributed by atoms with van der Waals surface area (Å²) in [5.41, 5.74) is 11.4. The SMILES string of the molecule is CCc1c(F)ccc2c1C/C(=N/C1=NC(c3ccc(C)cc3Cl)C(C(=O)NC/C(C=NC)=C/N)=C(C)N1)N2. The number of aryl methyl sites for hydroxylation is 1. The number of nitrogens with one attached hydrogen (secondary N) is 3. The molecule has 0 fully saturated rings. The van der Waals surface area contributed by atoms with Crippen molar-refractivity contribution in [2.45, 2.75) is 39.7 Å². The molecule has 2 aromatic carbocycles. The normalized spacial score (nSPS) is 18.4. The number of benzene rings is 2. The van der Waals surface area contributed by atoms with E-state index < -0.39 is 6.04 Å². The number of nitrogens with zero attached hydrogens (tertiary/aromatic N) is 3. The van der Waals surface area contributed by atoms with Crippen molar-refractivity contribution in [1.82, 2.24) is 10.6 Å². The van der Waals surface area contributed by atoms with E-state index in [0.29, 0.717) is 57.6 Å². The highest BCUT2D eigenvalue weighted by Gasteiger charge is 2.31. The molecule has 2 aromatic rings. The van der Waals surface area contributed by atoms with E-state index in [1.165, 1.54) is 12.3 Å². The van der Waals surface area contributed by atoms with Crippen LogP contribution in [0.1, 0.15) is 42.1 Å². The summed E-state index contributed by atoms with van der Waals surface area (Å²) in [6, 6.07) is 8.14. The Balaban J connectivity index is 1.68. The zero-order chi connectivity index (χ0) is 27.4. The number of halogens is 2. The van der Waals surface area contributed by atoms with Gasteiger partial charge in [0, 0.05) is 60.0 Å². The summed E-state index contributed by atoms with van der Waals surface area (Å²) in [5.74, 6) is 0.432. The summed E-state index contributed by atoms with van der Waals surface area (Å²) in [4.78, 5) is 26.8. The van der Waals surface area contributed by atoms with E-state index >= 15 is 0 Å². The minimum atomic E-state index is -0.693. The minimum absolute atomic E-state index is 0.204. The monoisotopic (exact) mass is 535 g/mol. The first-order chi connectivity index (χ1) is 18.2. The Kier molecular flexibility index (Phi) is 8.26. The van der Waals surface area contributed by atoms with Crippen LogP contribution in [0.4, 0.5) is 10.1 Å². The maximum absolute atomic E-state index is 14.3. The van der Waals surface area contributed by atoms with Crippen molar-refractivity contribution in [3.8, 4) is 0 Å². The average Bonchev–Trinajstić information content (AvgIpc) is 3.28. The third-order valence-electron chi connectivity index (χ3n) is 6.48. The molecule has 2 heterocycles. The van der Waals surface area contributed by atoms with E-state index in [2.05, 4.69) is 20.9 Å². The molecule has 1 unspecified atom stereocenters. The molecule has 0 aromatic heterocycles. The molecule has 1 amide bonds. The van der Waals surface area contributed by atoms with Crippen LogP contribution in [-0.2, 0) is 17.6 Å². The van der Waals surface area contributed by atoms with E-state index in [4.69, 9.17) is 27.3 Å². The second-order valence-electron chi connectivity index (χ2n) is 9.12. The van der Waals surface area contributed by atoms with Crippen molar-refractivity contribution in [2.75, 3.05) is 18.9 Å². The zero-order valence-corrected chi connectivity index (χ0v) is 22.6.